The highest BCUT2D eigenvalue weighted by molar-refractivity contribution is 7.47. The molecule has 0 bridgehead atoms. The van der Waals surface area contributed by atoms with Crippen LogP contribution in [0.1, 0.15) is 40.3 Å². The zero-order chi connectivity index (χ0) is 21.8. The van der Waals surface area contributed by atoms with Gasteiger partial charge in [-0.3, -0.25) is 13.6 Å². The topological polar surface area (TPSA) is 135 Å². The van der Waals surface area contributed by atoms with Gasteiger partial charge in [0.2, 0.25) is 0 Å². The maximum Gasteiger partial charge on any atom is 0.472 e. The van der Waals surface area contributed by atoms with Crippen LogP contribution in [0.3, 0.4) is 0 Å². The van der Waals surface area contributed by atoms with Gasteiger partial charge in [-0.05, 0) is 32.3 Å². The summed E-state index contributed by atoms with van der Waals surface area (Å²) >= 11 is 0. The first kappa shape index (κ1) is 23.5. The van der Waals surface area contributed by atoms with Crippen molar-refractivity contribution in [2.24, 2.45) is 5.92 Å². The van der Waals surface area contributed by atoms with Crippen LogP contribution in [0.5, 0.6) is 0 Å². The van der Waals surface area contributed by atoms with E-state index >= 15 is 0 Å². The third-order valence-electron chi connectivity index (χ3n) is 4.07. The Morgan fingerprint density at radius 1 is 1.41 bits per heavy atom. The van der Waals surface area contributed by atoms with Gasteiger partial charge in [0.1, 0.15) is 24.6 Å². The van der Waals surface area contributed by atoms with Crippen LogP contribution in [0.4, 0.5) is 5.82 Å². The number of hydrogen-bond acceptors (Lipinski definition) is 8. The van der Waals surface area contributed by atoms with Crippen molar-refractivity contribution in [1.29, 1.82) is 0 Å². The van der Waals surface area contributed by atoms with Gasteiger partial charge in [0.05, 0.1) is 12.2 Å². The average Bonchev–Trinajstić information content (AvgIpc) is 2.87. The second kappa shape index (κ2) is 9.85. The first-order chi connectivity index (χ1) is 13.5. The fourth-order valence-corrected chi connectivity index (χ4v) is 4.25. The van der Waals surface area contributed by atoms with Crippen molar-refractivity contribution in [2.75, 3.05) is 12.3 Å². The van der Waals surface area contributed by atoms with E-state index < -0.39 is 44.2 Å². The van der Waals surface area contributed by atoms with Crippen molar-refractivity contribution in [1.82, 2.24) is 9.55 Å². The fraction of sp³-hybridized carbons (Fsp3) is 0.667. The van der Waals surface area contributed by atoms with E-state index in [-0.39, 0.29) is 18.3 Å². The zero-order valence-electron chi connectivity index (χ0n) is 16.9. The van der Waals surface area contributed by atoms with Gasteiger partial charge in [0.15, 0.2) is 6.23 Å². The summed E-state index contributed by atoms with van der Waals surface area (Å²) in [6.45, 7) is 7.03. The van der Waals surface area contributed by atoms with E-state index in [4.69, 9.17) is 30.7 Å². The highest BCUT2D eigenvalue weighted by Gasteiger charge is 2.50. The lowest BCUT2D eigenvalue weighted by Crippen LogP contribution is -2.39. The van der Waals surface area contributed by atoms with Crippen LogP contribution in [-0.2, 0) is 23.1 Å². The van der Waals surface area contributed by atoms with E-state index in [9.17, 15) is 14.3 Å². The van der Waals surface area contributed by atoms with Gasteiger partial charge in [0, 0.05) is 6.20 Å². The van der Waals surface area contributed by atoms with E-state index in [1.54, 1.807) is 13.8 Å². The molecule has 1 aromatic rings. The van der Waals surface area contributed by atoms with Gasteiger partial charge >= 0.3 is 13.5 Å². The molecule has 162 valence electrons. The fourth-order valence-electron chi connectivity index (χ4n) is 3.10. The number of phosphoric ester groups is 1. The van der Waals surface area contributed by atoms with Gasteiger partial charge in [-0.2, -0.15) is 4.98 Å². The van der Waals surface area contributed by atoms with E-state index in [0.29, 0.717) is 6.42 Å². The molecule has 29 heavy (non-hydrogen) atoms. The molecule has 1 saturated heterocycles. The minimum absolute atomic E-state index is 0.0575. The summed E-state index contributed by atoms with van der Waals surface area (Å²) in [5, 5.41) is 0. The number of aromatic nitrogens is 2. The summed E-state index contributed by atoms with van der Waals surface area (Å²) in [6.07, 6.45) is 3.09. The molecule has 0 aromatic carbocycles. The van der Waals surface area contributed by atoms with Crippen LogP contribution in [-0.4, -0.2) is 45.5 Å². The van der Waals surface area contributed by atoms with Crippen LogP contribution >= 0.6 is 7.82 Å². The Bertz CT molecular complexity index is 835. The predicted molar refractivity (Wildman–Crippen MR) is 106 cm³/mol. The SMILES string of the molecule is C#CCOC1[C@@H](OP(=O)(O)OC(C)C)[C@@H](CC(C)C)O[C@H]1n1ccc(N)nc1=O. The Morgan fingerprint density at radius 2 is 2.10 bits per heavy atom. The molecule has 0 aliphatic carbocycles. The second-order valence-electron chi connectivity index (χ2n) is 7.41. The van der Waals surface area contributed by atoms with Crippen molar-refractivity contribution in [3.63, 3.8) is 0 Å². The highest BCUT2D eigenvalue weighted by Crippen LogP contribution is 2.50. The largest absolute Gasteiger partial charge is 0.472 e. The second-order valence-corrected chi connectivity index (χ2v) is 8.77. The molecule has 2 unspecified atom stereocenters. The molecule has 1 fully saturated rings. The number of phosphoric acid groups is 1. The molecule has 0 amide bonds. The van der Waals surface area contributed by atoms with Crippen molar-refractivity contribution >= 4 is 13.6 Å². The molecule has 11 heteroatoms. The number of anilines is 1. The molecule has 0 saturated carbocycles. The third-order valence-corrected chi connectivity index (χ3v) is 5.27. The van der Waals surface area contributed by atoms with E-state index in [1.165, 1.54) is 16.8 Å². The zero-order valence-corrected chi connectivity index (χ0v) is 17.8. The summed E-state index contributed by atoms with van der Waals surface area (Å²) in [5.41, 5.74) is 4.90. The van der Waals surface area contributed by atoms with Gasteiger partial charge < -0.3 is 20.1 Å². The average molecular weight is 429 g/mol. The third kappa shape index (κ3) is 6.37. The van der Waals surface area contributed by atoms with Crippen LogP contribution in [0, 0.1) is 18.3 Å². The van der Waals surface area contributed by atoms with Gasteiger partial charge in [-0.15, -0.1) is 6.42 Å². The van der Waals surface area contributed by atoms with Crippen LogP contribution < -0.4 is 11.4 Å². The normalized spacial score (nSPS) is 26.6. The molecule has 3 N–H and O–H groups in total. The number of hydrogen-bond donors (Lipinski definition) is 2. The lowest BCUT2D eigenvalue weighted by atomic mass is 10.0. The quantitative estimate of drug-likeness (QED) is 0.444. The molecular weight excluding hydrogens is 401 g/mol. The smallest absolute Gasteiger partial charge is 0.383 e. The molecule has 10 nitrogen and oxygen atoms in total. The molecule has 0 radical (unpaired) electrons. The summed E-state index contributed by atoms with van der Waals surface area (Å²) in [4.78, 5) is 26.2. The minimum atomic E-state index is -4.42. The van der Waals surface area contributed by atoms with Gasteiger partial charge in [-0.1, -0.05) is 19.8 Å². The summed E-state index contributed by atoms with van der Waals surface area (Å²) in [7, 11) is -4.42. The maximum absolute atomic E-state index is 12.4. The monoisotopic (exact) mass is 429 g/mol. The lowest BCUT2D eigenvalue weighted by Gasteiger charge is -2.27. The number of nitrogens with two attached hydrogens (primary N) is 1. The number of nitrogens with zero attached hydrogens (tertiary/aromatic N) is 2. The molecule has 2 heterocycles. The molecule has 1 aromatic heterocycles. The Kier molecular flexibility index (Phi) is 8.00. The van der Waals surface area contributed by atoms with Crippen molar-refractivity contribution in [3.8, 4) is 12.3 Å². The standard InChI is InChI=1S/C18H28N3O7P/c1-6-9-25-16-15(28-29(23,24)27-12(4)5)13(10-11(2)3)26-17(16)21-8-7-14(19)20-18(21)22/h1,7-8,11-13,15-17H,9-10H2,2-5H3,(H,23,24)(H2,19,20,22)/t13-,15+,16?,17-/m1/s1. The highest BCUT2D eigenvalue weighted by atomic mass is 31.2. The molecular formula is C18H28N3O7P. The van der Waals surface area contributed by atoms with Crippen LogP contribution in [0.15, 0.2) is 17.1 Å². The predicted octanol–water partition coefficient (Wildman–Crippen LogP) is 1.70. The Balaban J connectivity index is 2.42. The summed E-state index contributed by atoms with van der Waals surface area (Å²) in [6, 6.07) is 1.44. The number of rotatable bonds is 9. The minimum Gasteiger partial charge on any atom is -0.383 e. The van der Waals surface area contributed by atoms with E-state index in [0.717, 1.165) is 0 Å². The number of terminal acetylenes is 1. The molecule has 1 aliphatic heterocycles. The maximum atomic E-state index is 12.4. The van der Waals surface area contributed by atoms with E-state index in [2.05, 4.69) is 10.9 Å². The van der Waals surface area contributed by atoms with Gasteiger partial charge in [0.25, 0.3) is 0 Å². The Labute approximate surface area is 169 Å². The number of nitrogen functional groups attached to an aromatic ring is 1. The number of ether oxygens (including phenoxy) is 2. The van der Waals surface area contributed by atoms with Crippen molar-refractivity contribution in [2.45, 2.75) is 64.8 Å². The Hall–Kier alpha value is -1.73. The summed E-state index contributed by atoms with van der Waals surface area (Å²) in [5.74, 6) is 2.57. The van der Waals surface area contributed by atoms with Crippen LogP contribution in [0.25, 0.3) is 0 Å². The summed E-state index contributed by atoms with van der Waals surface area (Å²) < 4.78 is 35.8. The van der Waals surface area contributed by atoms with E-state index in [1.807, 2.05) is 13.8 Å². The molecule has 2 rings (SSSR count). The first-order valence-electron chi connectivity index (χ1n) is 9.29. The Morgan fingerprint density at radius 3 is 2.66 bits per heavy atom. The first-order valence-corrected chi connectivity index (χ1v) is 10.8. The molecule has 1 aliphatic rings. The molecule has 0 spiro atoms. The van der Waals surface area contributed by atoms with Crippen molar-refractivity contribution < 1.29 is 28.0 Å². The van der Waals surface area contributed by atoms with Crippen molar-refractivity contribution in [3.05, 3.63) is 22.7 Å². The van der Waals surface area contributed by atoms with Gasteiger partial charge in [-0.25, -0.2) is 9.36 Å². The lowest BCUT2D eigenvalue weighted by molar-refractivity contribution is -0.0635. The molecule has 5 atom stereocenters. The van der Waals surface area contributed by atoms with Crippen LogP contribution in [0.2, 0.25) is 0 Å².